The summed E-state index contributed by atoms with van der Waals surface area (Å²) in [5.41, 5.74) is 3.05. The number of carbonyl (C=O) groups is 1. The number of methoxy groups -OCH3 is 1. The second-order valence-corrected chi connectivity index (χ2v) is 7.26. The second kappa shape index (κ2) is 8.17. The molecule has 8 heteroatoms. The highest BCUT2D eigenvalue weighted by atomic mass is 32.2. The highest BCUT2D eigenvalue weighted by Gasteiger charge is 2.16. The largest absolute Gasteiger partial charge is 0.463 e. The maximum Gasteiger partial charge on any atom is 0.374 e. The molecular formula is C17H17N3O3S2. The summed E-state index contributed by atoms with van der Waals surface area (Å²) in [6, 6.07) is 9.89. The van der Waals surface area contributed by atoms with Gasteiger partial charge in [-0.2, -0.15) is 0 Å². The van der Waals surface area contributed by atoms with Crippen molar-refractivity contribution in [3.63, 3.8) is 0 Å². The van der Waals surface area contributed by atoms with E-state index in [4.69, 9.17) is 9.15 Å². The van der Waals surface area contributed by atoms with E-state index in [0.29, 0.717) is 5.75 Å². The molecule has 1 N–H and O–H groups in total. The lowest BCUT2D eigenvalue weighted by atomic mass is 10.1. The predicted octanol–water partition coefficient (Wildman–Crippen LogP) is 4.52. The van der Waals surface area contributed by atoms with Crippen LogP contribution in [-0.4, -0.2) is 23.3 Å². The van der Waals surface area contributed by atoms with Crippen LogP contribution >= 0.6 is 23.1 Å². The number of rotatable bonds is 7. The van der Waals surface area contributed by atoms with Gasteiger partial charge in [-0.3, -0.25) is 0 Å². The predicted molar refractivity (Wildman–Crippen MR) is 98.6 cm³/mol. The molecular weight excluding hydrogens is 358 g/mol. The van der Waals surface area contributed by atoms with Crippen molar-refractivity contribution in [1.82, 2.24) is 10.2 Å². The van der Waals surface area contributed by atoms with Crippen molar-refractivity contribution in [2.75, 3.05) is 12.4 Å². The van der Waals surface area contributed by atoms with Crippen molar-refractivity contribution in [3.8, 4) is 0 Å². The van der Waals surface area contributed by atoms with Crippen LogP contribution in [0.1, 0.15) is 28.6 Å². The lowest BCUT2D eigenvalue weighted by molar-refractivity contribution is 0.0564. The number of aromatic nitrogens is 2. The molecule has 0 aliphatic rings. The quantitative estimate of drug-likeness (QED) is 0.481. The van der Waals surface area contributed by atoms with E-state index in [1.54, 1.807) is 6.07 Å². The van der Waals surface area contributed by atoms with Gasteiger partial charge in [0, 0.05) is 17.0 Å². The number of anilines is 2. The first-order valence-corrected chi connectivity index (χ1v) is 9.47. The first-order valence-electron chi connectivity index (χ1n) is 7.67. The number of hydrogen-bond donors (Lipinski definition) is 1. The topological polar surface area (TPSA) is 77.3 Å². The van der Waals surface area contributed by atoms with Gasteiger partial charge >= 0.3 is 5.97 Å². The smallest absolute Gasteiger partial charge is 0.374 e. The molecule has 0 unspecified atom stereocenters. The lowest BCUT2D eigenvalue weighted by Crippen LogP contribution is -2.02. The van der Waals surface area contributed by atoms with Gasteiger partial charge in [0.05, 0.1) is 13.4 Å². The maximum atomic E-state index is 11.6. The summed E-state index contributed by atoms with van der Waals surface area (Å²) >= 11 is 2.97. The van der Waals surface area contributed by atoms with E-state index < -0.39 is 5.97 Å². The van der Waals surface area contributed by atoms with E-state index in [-0.39, 0.29) is 5.76 Å². The highest BCUT2D eigenvalue weighted by molar-refractivity contribution is 8.00. The van der Waals surface area contributed by atoms with E-state index in [2.05, 4.69) is 28.5 Å². The van der Waals surface area contributed by atoms with Gasteiger partial charge in [0.1, 0.15) is 0 Å². The Bertz CT molecular complexity index is 860. The minimum atomic E-state index is -0.476. The molecule has 0 aliphatic carbocycles. The standard InChI is InChI=1S/C17H17N3O3S2/c1-3-11-6-4-5-7-13(11)18-16-19-20-17(25-16)24-10-12-8-9-23-14(12)15(21)22-2/h4-9H,3,10H2,1-2H3,(H,18,19). The summed E-state index contributed by atoms with van der Waals surface area (Å²) in [6.45, 7) is 2.12. The number of thioether (sulfide) groups is 1. The molecule has 2 aromatic heterocycles. The summed E-state index contributed by atoms with van der Waals surface area (Å²) < 4.78 is 10.7. The molecule has 0 atom stereocenters. The minimum absolute atomic E-state index is 0.231. The summed E-state index contributed by atoms with van der Waals surface area (Å²) in [5, 5.41) is 12.4. The zero-order valence-electron chi connectivity index (χ0n) is 13.8. The number of hydrogen-bond acceptors (Lipinski definition) is 8. The SMILES string of the molecule is CCc1ccccc1Nc1nnc(SCc2ccoc2C(=O)OC)s1. The molecule has 130 valence electrons. The lowest BCUT2D eigenvalue weighted by Gasteiger charge is -2.06. The molecule has 1 aromatic carbocycles. The zero-order chi connectivity index (χ0) is 17.6. The fraction of sp³-hybridized carbons (Fsp3) is 0.235. The number of para-hydroxylation sites is 1. The van der Waals surface area contributed by atoms with Crippen LogP contribution in [0.2, 0.25) is 0 Å². The molecule has 3 aromatic rings. The Morgan fingerprint density at radius 1 is 1.28 bits per heavy atom. The number of ether oxygens (including phenoxy) is 1. The Hall–Kier alpha value is -2.32. The van der Waals surface area contributed by atoms with Gasteiger partial charge in [0.25, 0.3) is 0 Å². The normalized spacial score (nSPS) is 10.6. The third-order valence-electron chi connectivity index (χ3n) is 3.52. The molecule has 0 spiro atoms. The van der Waals surface area contributed by atoms with Crippen molar-refractivity contribution in [3.05, 3.63) is 53.5 Å². The van der Waals surface area contributed by atoms with Gasteiger partial charge in [0.2, 0.25) is 10.9 Å². The van der Waals surface area contributed by atoms with Crippen molar-refractivity contribution in [2.24, 2.45) is 0 Å². The van der Waals surface area contributed by atoms with Crippen LogP contribution in [0.15, 0.2) is 45.4 Å². The van der Waals surface area contributed by atoms with Gasteiger partial charge < -0.3 is 14.5 Å². The number of nitrogens with zero attached hydrogens (tertiary/aromatic N) is 2. The van der Waals surface area contributed by atoms with E-state index in [0.717, 1.165) is 27.1 Å². The van der Waals surface area contributed by atoms with E-state index in [9.17, 15) is 4.79 Å². The maximum absolute atomic E-state index is 11.6. The van der Waals surface area contributed by atoms with Crippen LogP contribution < -0.4 is 5.32 Å². The van der Waals surface area contributed by atoms with Gasteiger partial charge in [-0.1, -0.05) is 48.2 Å². The molecule has 3 rings (SSSR count). The van der Waals surface area contributed by atoms with Crippen molar-refractivity contribution >= 4 is 39.9 Å². The van der Waals surface area contributed by atoms with Crippen LogP contribution in [0.3, 0.4) is 0 Å². The van der Waals surface area contributed by atoms with Crippen LogP contribution in [0.25, 0.3) is 0 Å². The van der Waals surface area contributed by atoms with Crippen LogP contribution in [0.5, 0.6) is 0 Å². The average molecular weight is 375 g/mol. The first kappa shape index (κ1) is 17.5. The summed E-state index contributed by atoms with van der Waals surface area (Å²) in [7, 11) is 1.33. The number of carbonyl (C=O) groups excluding carboxylic acids is 1. The van der Waals surface area contributed by atoms with Crippen molar-refractivity contribution in [1.29, 1.82) is 0 Å². The number of esters is 1. The van der Waals surface area contributed by atoms with E-state index in [1.165, 1.54) is 42.0 Å². The molecule has 0 fully saturated rings. The number of nitrogens with one attached hydrogen (secondary N) is 1. The van der Waals surface area contributed by atoms with Crippen LogP contribution in [0, 0.1) is 0 Å². The molecule has 0 saturated heterocycles. The third-order valence-corrected chi connectivity index (χ3v) is 5.54. The van der Waals surface area contributed by atoms with Gasteiger partial charge in [-0.05, 0) is 24.1 Å². The molecule has 0 saturated carbocycles. The fourth-order valence-electron chi connectivity index (χ4n) is 2.24. The Morgan fingerprint density at radius 3 is 2.92 bits per heavy atom. The molecule has 6 nitrogen and oxygen atoms in total. The van der Waals surface area contributed by atoms with E-state index in [1.807, 2.05) is 18.2 Å². The molecule has 0 radical (unpaired) electrons. The molecule has 2 heterocycles. The summed E-state index contributed by atoms with van der Waals surface area (Å²) in [6.07, 6.45) is 2.43. The van der Waals surface area contributed by atoms with Gasteiger partial charge in [-0.25, -0.2) is 4.79 Å². The minimum Gasteiger partial charge on any atom is -0.463 e. The molecule has 25 heavy (non-hydrogen) atoms. The van der Waals surface area contributed by atoms with Crippen molar-refractivity contribution in [2.45, 2.75) is 23.4 Å². The summed E-state index contributed by atoms with van der Waals surface area (Å²) in [5.74, 6) is 0.312. The summed E-state index contributed by atoms with van der Waals surface area (Å²) in [4.78, 5) is 11.6. The van der Waals surface area contributed by atoms with Gasteiger partial charge in [-0.15, -0.1) is 10.2 Å². The Labute approximate surface area is 153 Å². The Morgan fingerprint density at radius 2 is 2.12 bits per heavy atom. The Balaban J connectivity index is 1.64. The zero-order valence-corrected chi connectivity index (χ0v) is 15.4. The third kappa shape index (κ3) is 4.21. The number of aryl methyl sites for hydroxylation is 1. The monoisotopic (exact) mass is 375 g/mol. The molecule has 0 aliphatic heterocycles. The van der Waals surface area contributed by atoms with E-state index >= 15 is 0 Å². The number of furan rings is 1. The first-order chi connectivity index (χ1) is 12.2. The average Bonchev–Trinajstić information content (AvgIpc) is 3.29. The van der Waals surface area contributed by atoms with Crippen LogP contribution in [-0.2, 0) is 16.9 Å². The number of benzene rings is 1. The van der Waals surface area contributed by atoms with Crippen LogP contribution in [0.4, 0.5) is 10.8 Å². The fourth-order valence-corrected chi connectivity index (χ4v) is 3.99. The molecule has 0 amide bonds. The Kier molecular flexibility index (Phi) is 5.72. The molecule has 0 bridgehead atoms. The highest BCUT2D eigenvalue weighted by Crippen LogP contribution is 2.31. The van der Waals surface area contributed by atoms with Gasteiger partial charge in [0.15, 0.2) is 4.34 Å². The van der Waals surface area contributed by atoms with Crippen molar-refractivity contribution < 1.29 is 13.9 Å². The second-order valence-electron chi connectivity index (χ2n) is 5.06.